The molecule has 3 heterocycles. The first kappa shape index (κ1) is 18.5. The van der Waals surface area contributed by atoms with E-state index in [1.807, 2.05) is 16.7 Å². The molecular weight excluding hydrogens is 334 g/mol. The predicted octanol–water partition coefficient (Wildman–Crippen LogP) is 2.19. The van der Waals surface area contributed by atoms with E-state index in [4.69, 9.17) is 0 Å². The van der Waals surface area contributed by atoms with Crippen molar-refractivity contribution in [3.05, 3.63) is 22.5 Å². The van der Waals surface area contributed by atoms with Crippen LogP contribution in [0.15, 0.2) is 0 Å². The lowest BCUT2D eigenvalue weighted by Gasteiger charge is -2.48. The average Bonchev–Trinajstić information content (AvgIpc) is 2.91. The van der Waals surface area contributed by atoms with Gasteiger partial charge in [0.15, 0.2) is 0 Å². The summed E-state index contributed by atoms with van der Waals surface area (Å²) in [6.45, 7) is 8.12. The second kappa shape index (κ2) is 6.78. The van der Waals surface area contributed by atoms with E-state index in [1.165, 1.54) is 0 Å². The number of likely N-dealkylation sites (tertiary alicyclic amines) is 2. The Kier molecular flexibility index (Phi) is 4.82. The number of aryl methyl sites for hydroxylation is 1. The highest BCUT2D eigenvalue weighted by atomic mass is 16.4. The number of carboxylic acid groups (broad SMARTS) is 1. The number of aromatic amines is 1. The van der Waals surface area contributed by atoms with E-state index in [-0.39, 0.29) is 22.9 Å². The van der Waals surface area contributed by atoms with Crippen molar-refractivity contribution in [2.24, 2.45) is 5.41 Å². The predicted molar refractivity (Wildman–Crippen MR) is 96.3 cm³/mol. The molecule has 1 atom stereocenters. The van der Waals surface area contributed by atoms with E-state index in [0.717, 1.165) is 19.3 Å². The Morgan fingerprint density at radius 2 is 1.96 bits per heavy atom. The summed E-state index contributed by atoms with van der Waals surface area (Å²) in [5.41, 5.74) is 1.61. The van der Waals surface area contributed by atoms with Crippen molar-refractivity contribution in [1.29, 1.82) is 0 Å². The Morgan fingerprint density at radius 3 is 2.58 bits per heavy atom. The van der Waals surface area contributed by atoms with Crippen LogP contribution in [-0.2, 0) is 4.79 Å². The highest BCUT2D eigenvalue weighted by Crippen LogP contribution is 2.39. The van der Waals surface area contributed by atoms with Gasteiger partial charge in [-0.05, 0) is 45.6 Å². The van der Waals surface area contributed by atoms with E-state index in [9.17, 15) is 19.5 Å². The number of rotatable bonds is 3. The molecule has 2 aliphatic heterocycles. The number of carbonyl (C=O) groups is 3. The van der Waals surface area contributed by atoms with Crippen LogP contribution >= 0.6 is 0 Å². The molecule has 7 heteroatoms. The molecular formula is C19H27N3O4. The monoisotopic (exact) mass is 361 g/mol. The average molecular weight is 361 g/mol. The van der Waals surface area contributed by atoms with E-state index < -0.39 is 5.97 Å². The van der Waals surface area contributed by atoms with Crippen LogP contribution in [0.4, 0.5) is 0 Å². The Morgan fingerprint density at radius 1 is 1.23 bits per heavy atom. The first-order valence-corrected chi connectivity index (χ1v) is 9.27. The van der Waals surface area contributed by atoms with Crippen LogP contribution < -0.4 is 0 Å². The third-order valence-corrected chi connectivity index (χ3v) is 5.94. The van der Waals surface area contributed by atoms with Crippen molar-refractivity contribution < 1.29 is 19.5 Å². The number of hydrogen-bond donors (Lipinski definition) is 2. The molecule has 0 radical (unpaired) electrons. The third kappa shape index (κ3) is 3.10. The zero-order chi connectivity index (χ0) is 19.1. The molecule has 2 saturated heterocycles. The topological polar surface area (TPSA) is 93.7 Å². The molecule has 0 aromatic carbocycles. The Bertz CT molecular complexity index is 754. The van der Waals surface area contributed by atoms with Gasteiger partial charge < -0.3 is 19.9 Å². The Balaban J connectivity index is 1.83. The van der Waals surface area contributed by atoms with Gasteiger partial charge in [0.2, 0.25) is 5.91 Å². The maximum atomic E-state index is 13.2. The molecule has 2 aliphatic rings. The summed E-state index contributed by atoms with van der Waals surface area (Å²) in [5, 5.41) is 9.28. The fourth-order valence-electron chi connectivity index (χ4n) is 4.55. The Hall–Kier alpha value is -2.31. The summed E-state index contributed by atoms with van der Waals surface area (Å²) in [6, 6.07) is 0. The van der Waals surface area contributed by atoms with Crippen molar-refractivity contribution in [3.63, 3.8) is 0 Å². The Labute approximate surface area is 153 Å². The quantitative estimate of drug-likeness (QED) is 0.863. The second-order valence-corrected chi connectivity index (χ2v) is 7.67. The van der Waals surface area contributed by atoms with E-state index in [2.05, 4.69) is 4.98 Å². The summed E-state index contributed by atoms with van der Waals surface area (Å²) in [5.74, 6) is -0.961. The van der Waals surface area contributed by atoms with Gasteiger partial charge in [-0.1, -0.05) is 0 Å². The highest BCUT2D eigenvalue weighted by molar-refractivity contribution is 6.00. The lowest BCUT2D eigenvalue weighted by molar-refractivity contribution is -0.138. The van der Waals surface area contributed by atoms with Crippen LogP contribution in [0, 0.1) is 19.3 Å². The third-order valence-electron chi connectivity index (χ3n) is 5.94. The van der Waals surface area contributed by atoms with Gasteiger partial charge in [0.05, 0.1) is 5.56 Å². The molecule has 0 unspecified atom stereocenters. The van der Waals surface area contributed by atoms with Gasteiger partial charge in [-0.3, -0.25) is 9.59 Å². The SMILES string of the molecule is CCN1C[C@]2(CCCN(C(=O)c3c(C)[nH]c(C(=O)O)c3C)C2)CCC1=O. The zero-order valence-electron chi connectivity index (χ0n) is 15.7. The minimum absolute atomic E-state index is 0.0361. The molecule has 0 aliphatic carbocycles. The maximum absolute atomic E-state index is 13.2. The number of nitrogens with one attached hydrogen (secondary N) is 1. The van der Waals surface area contributed by atoms with Gasteiger partial charge in [-0.15, -0.1) is 0 Å². The van der Waals surface area contributed by atoms with Gasteiger partial charge in [0, 0.05) is 43.7 Å². The summed E-state index contributed by atoms with van der Waals surface area (Å²) >= 11 is 0. The van der Waals surface area contributed by atoms with Crippen molar-refractivity contribution in [1.82, 2.24) is 14.8 Å². The summed E-state index contributed by atoms with van der Waals surface area (Å²) in [7, 11) is 0. The second-order valence-electron chi connectivity index (χ2n) is 7.67. The number of carbonyl (C=O) groups excluding carboxylic acids is 2. The minimum atomic E-state index is -1.05. The van der Waals surface area contributed by atoms with Gasteiger partial charge in [-0.25, -0.2) is 4.79 Å². The fraction of sp³-hybridized carbons (Fsp3) is 0.632. The molecule has 1 spiro atoms. The minimum Gasteiger partial charge on any atom is -0.477 e. The molecule has 0 saturated carbocycles. The van der Waals surface area contributed by atoms with Crippen LogP contribution in [0.2, 0.25) is 0 Å². The molecule has 1 aromatic rings. The van der Waals surface area contributed by atoms with Gasteiger partial charge in [0.25, 0.3) is 5.91 Å². The normalized spacial score (nSPS) is 23.6. The molecule has 0 bridgehead atoms. The van der Waals surface area contributed by atoms with Crippen molar-refractivity contribution in [2.45, 2.75) is 46.5 Å². The van der Waals surface area contributed by atoms with E-state index >= 15 is 0 Å². The summed E-state index contributed by atoms with van der Waals surface area (Å²) in [6.07, 6.45) is 3.29. The van der Waals surface area contributed by atoms with Crippen LogP contribution in [-0.4, -0.2) is 63.9 Å². The fourth-order valence-corrected chi connectivity index (χ4v) is 4.55. The number of H-pyrrole nitrogens is 1. The summed E-state index contributed by atoms with van der Waals surface area (Å²) < 4.78 is 0. The van der Waals surface area contributed by atoms with E-state index in [0.29, 0.717) is 49.4 Å². The molecule has 26 heavy (non-hydrogen) atoms. The number of carboxylic acids is 1. The lowest BCUT2D eigenvalue weighted by Crippen LogP contribution is -2.55. The van der Waals surface area contributed by atoms with Crippen LogP contribution in [0.1, 0.15) is 64.7 Å². The van der Waals surface area contributed by atoms with Crippen LogP contribution in [0.25, 0.3) is 0 Å². The van der Waals surface area contributed by atoms with Crippen LogP contribution in [0.3, 0.4) is 0 Å². The molecule has 1 aromatic heterocycles. The number of hydrogen-bond acceptors (Lipinski definition) is 3. The van der Waals surface area contributed by atoms with Crippen LogP contribution in [0.5, 0.6) is 0 Å². The first-order chi connectivity index (χ1) is 12.3. The zero-order valence-corrected chi connectivity index (χ0v) is 15.7. The van der Waals surface area contributed by atoms with Crippen molar-refractivity contribution in [3.8, 4) is 0 Å². The molecule has 3 rings (SSSR count). The summed E-state index contributed by atoms with van der Waals surface area (Å²) in [4.78, 5) is 43.1. The highest BCUT2D eigenvalue weighted by Gasteiger charge is 2.43. The standard InChI is InChI=1S/C19H27N3O4/c1-4-21-10-19(8-6-14(21)23)7-5-9-22(11-19)17(24)15-12(2)16(18(25)26)20-13(15)3/h20H,4-11H2,1-3H3,(H,25,26)/t19-/m0/s1. The van der Waals surface area contributed by atoms with Gasteiger partial charge >= 0.3 is 5.97 Å². The number of nitrogens with zero attached hydrogens (tertiary/aromatic N) is 2. The van der Waals surface area contributed by atoms with Crippen molar-refractivity contribution >= 4 is 17.8 Å². The largest absolute Gasteiger partial charge is 0.477 e. The first-order valence-electron chi connectivity index (χ1n) is 9.27. The van der Waals surface area contributed by atoms with Crippen molar-refractivity contribution in [2.75, 3.05) is 26.2 Å². The molecule has 2 N–H and O–H groups in total. The van der Waals surface area contributed by atoms with E-state index in [1.54, 1.807) is 13.8 Å². The number of amides is 2. The molecule has 2 amide bonds. The molecule has 142 valence electrons. The number of piperidine rings is 2. The number of aromatic carboxylic acids is 1. The lowest BCUT2D eigenvalue weighted by atomic mass is 9.73. The van der Waals surface area contributed by atoms with Gasteiger partial charge in [-0.2, -0.15) is 0 Å². The van der Waals surface area contributed by atoms with Gasteiger partial charge in [0.1, 0.15) is 5.69 Å². The maximum Gasteiger partial charge on any atom is 0.352 e. The molecule has 7 nitrogen and oxygen atoms in total. The smallest absolute Gasteiger partial charge is 0.352 e. The number of aromatic nitrogens is 1. The molecule has 2 fully saturated rings.